The molecule has 0 radical (unpaired) electrons. The van der Waals surface area contributed by atoms with E-state index in [4.69, 9.17) is 0 Å². The summed E-state index contributed by atoms with van der Waals surface area (Å²) in [4.78, 5) is 16.9. The Bertz CT molecular complexity index is 1080. The van der Waals surface area contributed by atoms with E-state index in [2.05, 4.69) is 25.8 Å². The number of nitrogens with one attached hydrogen (secondary N) is 1. The molecule has 124 valence electrons. The quantitative estimate of drug-likeness (QED) is 0.620. The molecule has 0 aliphatic heterocycles. The van der Waals surface area contributed by atoms with Crippen molar-refractivity contribution >= 4 is 17.2 Å². The minimum absolute atomic E-state index is 0.269. The van der Waals surface area contributed by atoms with Gasteiger partial charge in [0.2, 0.25) is 0 Å². The van der Waals surface area contributed by atoms with E-state index in [-0.39, 0.29) is 5.91 Å². The van der Waals surface area contributed by atoms with Gasteiger partial charge in [0.05, 0.1) is 0 Å². The van der Waals surface area contributed by atoms with Gasteiger partial charge in [-0.1, -0.05) is 12.1 Å². The molecule has 8 nitrogen and oxygen atoms in total. The fourth-order valence-electron chi connectivity index (χ4n) is 2.60. The molecule has 8 heteroatoms. The lowest BCUT2D eigenvalue weighted by atomic mass is 10.2. The summed E-state index contributed by atoms with van der Waals surface area (Å²) in [7, 11) is 1.76. The smallest absolute Gasteiger partial charge is 0.275 e. The molecule has 1 aromatic carbocycles. The van der Waals surface area contributed by atoms with Crippen LogP contribution in [-0.4, -0.2) is 35.5 Å². The first-order valence-electron chi connectivity index (χ1n) is 7.70. The fraction of sp³-hybridized carbons (Fsp3) is 0.118. The van der Waals surface area contributed by atoms with Crippen LogP contribution in [0.5, 0.6) is 0 Å². The molecule has 1 N–H and O–H groups in total. The van der Waals surface area contributed by atoms with Gasteiger partial charge in [-0.25, -0.2) is 9.67 Å². The monoisotopic (exact) mass is 333 g/mol. The van der Waals surface area contributed by atoms with Crippen molar-refractivity contribution in [2.24, 2.45) is 7.05 Å². The van der Waals surface area contributed by atoms with E-state index in [1.54, 1.807) is 17.9 Å². The lowest BCUT2D eigenvalue weighted by molar-refractivity contribution is 0.102. The number of anilines is 1. The molecule has 0 saturated heterocycles. The molecule has 0 aliphatic carbocycles. The van der Waals surface area contributed by atoms with Crippen LogP contribution in [-0.2, 0) is 7.05 Å². The summed E-state index contributed by atoms with van der Waals surface area (Å²) in [5, 5.41) is 14.3. The Morgan fingerprint density at radius 2 is 2.08 bits per heavy atom. The standard InChI is InChI=1S/C17H15N7O/c1-11-6-7-24-10-14(19-15(24)8-11)17(25)18-13-5-3-4-12(9-13)16-20-21-22-23(16)2/h3-10H,1-2H3,(H,18,25). The Balaban J connectivity index is 1.61. The Morgan fingerprint density at radius 3 is 2.88 bits per heavy atom. The van der Waals surface area contributed by atoms with Crippen molar-refractivity contribution in [3.8, 4) is 11.4 Å². The van der Waals surface area contributed by atoms with Crippen molar-refractivity contribution in [1.29, 1.82) is 0 Å². The first-order valence-corrected chi connectivity index (χ1v) is 7.70. The third kappa shape index (κ3) is 2.85. The molecule has 4 rings (SSSR count). The number of fused-ring (bicyclic) bond motifs is 1. The number of carbonyl (C=O) groups excluding carboxylic acids is 1. The minimum atomic E-state index is -0.269. The van der Waals surface area contributed by atoms with Gasteiger partial charge in [-0.05, 0) is 47.2 Å². The summed E-state index contributed by atoms with van der Waals surface area (Å²) in [5.41, 5.74) is 3.66. The lowest BCUT2D eigenvalue weighted by Crippen LogP contribution is -2.12. The maximum Gasteiger partial charge on any atom is 0.275 e. The molecule has 0 saturated carbocycles. The van der Waals surface area contributed by atoms with Crippen LogP contribution in [0, 0.1) is 6.92 Å². The number of hydrogen-bond donors (Lipinski definition) is 1. The van der Waals surface area contributed by atoms with E-state index in [0.717, 1.165) is 16.8 Å². The summed E-state index contributed by atoms with van der Waals surface area (Å²) >= 11 is 0. The molecule has 25 heavy (non-hydrogen) atoms. The number of tetrazole rings is 1. The van der Waals surface area contributed by atoms with Crippen LogP contribution in [0.4, 0.5) is 5.69 Å². The molecule has 1 amide bonds. The van der Waals surface area contributed by atoms with E-state index >= 15 is 0 Å². The topological polar surface area (TPSA) is 90.0 Å². The third-order valence-electron chi connectivity index (χ3n) is 3.85. The van der Waals surface area contributed by atoms with Gasteiger partial charge in [-0.2, -0.15) is 0 Å². The summed E-state index contributed by atoms with van der Waals surface area (Å²) in [6.45, 7) is 1.99. The van der Waals surface area contributed by atoms with Crippen LogP contribution in [0.15, 0.2) is 48.8 Å². The van der Waals surface area contributed by atoms with Crippen molar-refractivity contribution in [2.75, 3.05) is 5.32 Å². The number of imidazole rings is 1. The van der Waals surface area contributed by atoms with E-state index in [9.17, 15) is 4.79 Å². The van der Waals surface area contributed by atoms with E-state index in [1.807, 2.05) is 53.9 Å². The van der Waals surface area contributed by atoms with Crippen LogP contribution < -0.4 is 5.32 Å². The predicted molar refractivity (Wildman–Crippen MR) is 92.1 cm³/mol. The number of aryl methyl sites for hydroxylation is 2. The van der Waals surface area contributed by atoms with Gasteiger partial charge in [0.25, 0.3) is 5.91 Å². The second-order valence-corrected chi connectivity index (χ2v) is 5.76. The van der Waals surface area contributed by atoms with Gasteiger partial charge in [-0.3, -0.25) is 4.79 Å². The number of nitrogens with zero attached hydrogens (tertiary/aromatic N) is 6. The van der Waals surface area contributed by atoms with Gasteiger partial charge < -0.3 is 9.72 Å². The van der Waals surface area contributed by atoms with E-state index < -0.39 is 0 Å². The van der Waals surface area contributed by atoms with Crippen molar-refractivity contribution in [1.82, 2.24) is 29.6 Å². The Hall–Kier alpha value is -3.55. The molecule has 0 aliphatic rings. The maximum absolute atomic E-state index is 12.5. The van der Waals surface area contributed by atoms with Crippen LogP contribution in [0.2, 0.25) is 0 Å². The summed E-state index contributed by atoms with van der Waals surface area (Å²) in [6, 6.07) is 11.3. The highest BCUT2D eigenvalue weighted by atomic mass is 16.1. The molecule has 0 spiro atoms. The number of carbonyl (C=O) groups is 1. The van der Waals surface area contributed by atoms with Gasteiger partial charge in [0, 0.05) is 30.7 Å². The van der Waals surface area contributed by atoms with Gasteiger partial charge in [-0.15, -0.1) is 5.10 Å². The SMILES string of the molecule is Cc1ccn2cc(C(=O)Nc3cccc(-c4nnnn4C)c3)nc2c1. The Kier molecular flexibility index (Phi) is 3.50. The average Bonchev–Trinajstić information content (AvgIpc) is 3.20. The van der Waals surface area contributed by atoms with Crippen molar-refractivity contribution in [3.63, 3.8) is 0 Å². The molecule has 4 aromatic rings. The second-order valence-electron chi connectivity index (χ2n) is 5.76. The highest BCUT2D eigenvalue weighted by Crippen LogP contribution is 2.20. The predicted octanol–water partition coefficient (Wildman–Crippen LogP) is 2.09. The number of pyridine rings is 1. The molecule has 0 unspecified atom stereocenters. The molecular formula is C17H15N7O. The van der Waals surface area contributed by atoms with E-state index in [1.165, 1.54) is 0 Å². The summed E-state index contributed by atoms with van der Waals surface area (Å²) in [6.07, 6.45) is 3.59. The van der Waals surface area contributed by atoms with Crippen LogP contribution in [0.3, 0.4) is 0 Å². The largest absolute Gasteiger partial charge is 0.321 e. The maximum atomic E-state index is 12.5. The number of rotatable bonds is 3. The van der Waals surface area contributed by atoms with E-state index in [0.29, 0.717) is 17.2 Å². The second kappa shape index (κ2) is 5.82. The Labute approximate surface area is 143 Å². The number of aromatic nitrogens is 6. The normalized spacial score (nSPS) is 11.0. The van der Waals surface area contributed by atoms with Crippen LogP contribution in [0.1, 0.15) is 16.1 Å². The molecule has 3 heterocycles. The summed E-state index contributed by atoms with van der Waals surface area (Å²) < 4.78 is 3.40. The zero-order chi connectivity index (χ0) is 17.4. The Morgan fingerprint density at radius 1 is 1.20 bits per heavy atom. The summed E-state index contributed by atoms with van der Waals surface area (Å²) in [5.74, 6) is 0.355. The highest BCUT2D eigenvalue weighted by Gasteiger charge is 2.12. The number of hydrogen-bond acceptors (Lipinski definition) is 5. The fourth-order valence-corrected chi connectivity index (χ4v) is 2.60. The lowest BCUT2D eigenvalue weighted by Gasteiger charge is -2.05. The van der Waals surface area contributed by atoms with Crippen LogP contribution >= 0.6 is 0 Å². The minimum Gasteiger partial charge on any atom is -0.321 e. The molecule has 0 atom stereocenters. The molecule has 0 fully saturated rings. The van der Waals surface area contributed by atoms with Crippen molar-refractivity contribution in [3.05, 3.63) is 60.0 Å². The number of benzene rings is 1. The van der Waals surface area contributed by atoms with Gasteiger partial charge >= 0.3 is 0 Å². The molecular weight excluding hydrogens is 318 g/mol. The highest BCUT2D eigenvalue weighted by molar-refractivity contribution is 6.03. The third-order valence-corrected chi connectivity index (χ3v) is 3.85. The van der Waals surface area contributed by atoms with Gasteiger partial charge in [0.15, 0.2) is 5.82 Å². The zero-order valence-electron chi connectivity index (χ0n) is 13.7. The average molecular weight is 333 g/mol. The van der Waals surface area contributed by atoms with Crippen molar-refractivity contribution in [2.45, 2.75) is 6.92 Å². The number of amides is 1. The van der Waals surface area contributed by atoms with Crippen LogP contribution in [0.25, 0.3) is 17.0 Å². The van der Waals surface area contributed by atoms with Gasteiger partial charge in [0.1, 0.15) is 11.3 Å². The molecule has 0 bridgehead atoms. The molecule has 3 aromatic heterocycles. The first-order chi connectivity index (χ1) is 12.1. The first kappa shape index (κ1) is 15.0. The van der Waals surface area contributed by atoms with Crippen molar-refractivity contribution < 1.29 is 4.79 Å². The zero-order valence-corrected chi connectivity index (χ0v) is 13.7.